The van der Waals surface area contributed by atoms with E-state index >= 15 is 0 Å². The second kappa shape index (κ2) is 2.54. The smallest absolute Gasteiger partial charge is 0.432 e. The van der Waals surface area contributed by atoms with Crippen molar-refractivity contribution in [3.05, 3.63) is 0 Å². The Kier molecular flexibility index (Phi) is 3.08. The van der Waals surface area contributed by atoms with Crippen LogP contribution in [-0.4, -0.2) is 16.7 Å². The zero-order valence-corrected chi connectivity index (χ0v) is 8.31. The zero-order chi connectivity index (χ0) is 5.21. The van der Waals surface area contributed by atoms with Gasteiger partial charge in [-0.1, -0.05) is 33.2 Å². The molecule has 38 valence electrons. The summed E-state index contributed by atoms with van der Waals surface area (Å²) in [5.74, 6) is 0. The van der Waals surface area contributed by atoms with Gasteiger partial charge in [-0.15, -0.1) is 0 Å². The topological polar surface area (TPSA) is 9.23 Å². The lowest BCUT2D eigenvalue weighted by Gasteiger charge is -2.00. The average Bonchev–Trinajstić information content (AvgIpc) is 1.35. The van der Waals surface area contributed by atoms with Crippen LogP contribution in [0.15, 0.2) is 0 Å². The second-order valence-electron chi connectivity index (χ2n) is 0.650. The highest BCUT2D eigenvalue weighted by atomic mass is 35.8. The summed E-state index contributed by atoms with van der Waals surface area (Å²) in [6, 6.07) is 0. The van der Waals surface area contributed by atoms with Crippen molar-refractivity contribution < 1.29 is 4.12 Å². The lowest BCUT2D eigenvalue weighted by Crippen LogP contribution is -2.12. The summed E-state index contributed by atoms with van der Waals surface area (Å²) in [5.41, 5.74) is 0. The maximum absolute atomic E-state index is 5.20. The Labute approximate surface area is 54.3 Å². The van der Waals surface area contributed by atoms with Crippen LogP contribution in [-0.2, 0) is 4.12 Å². The minimum atomic E-state index is -2.65. The fourth-order valence-corrected chi connectivity index (χ4v) is 0. The van der Waals surface area contributed by atoms with Crippen LogP contribution in [0, 0.1) is 0 Å². The standard InChI is InChI=1S/Cl3H3OSi2/c1-6(2,3)4-5/h5H3. The molecule has 0 aliphatic carbocycles. The van der Waals surface area contributed by atoms with E-state index in [2.05, 4.69) is 4.12 Å². The molecule has 0 radical (unpaired) electrons. The van der Waals surface area contributed by atoms with E-state index in [0.717, 1.165) is 0 Å². The lowest BCUT2D eigenvalue weighted by atomic mass is 15.8. The summed E-state index contributed by atoms with van der Waals surface area (Å²) in [5, 5.41) is 0. The van der Waals surface area contributed by atoms with Gasteiger partial charge in [0.25, 0.3) is 0 Å². The van der Waals surface area contributed by atoms with Gasteiger partial charge in [0.15, 0.2) is 0 Å². The first-order valence-electron chi connectivity index (χ1n) is 1.18. The molecule has 0 spiro atoms. The molecule has 0 aliphatic heterocycles. The molecule has 0 N–H and O–H groups in total. The molecule has 6 heavy (non-hydrogen) atoms. The molecule has 0 aromatic heterocycles. The van der Waals surface area contributed by atoms with Crippen LogP contribution in [0.3, 0.4) is 0 Å². The minimum absolute atomic E-state index is 0.514. The van der Waals surface area contributed by atoms with Gasteiger partial charge < -0.3 is 4.12 Å². The van der Waals surface area contributed by atoms with Gasteiger partial charge in [0.05, 0.1) is 0 Å². The molecule has 0 aromatic carbocycles. The van der Waals surface area contributed by atoms with Crippen molar-refractivity contribution in [2.24, 2.45) is 0 Å². The van der Waals surface area contributed by atoms with E-state index in [1.165, 1.54) is 0 Å². The summed E-state index contributed by atoms with van der Waals surface area (Å²) in [4.78, 5) is 0. The summed E-state index contributed by atoms with van der Waals surface area (Å²) < 4.78 is 4.51. The molecule has 0 aliphatic rings. The van der Waals surface area contributed by atoms with Gasteiger partial charge in [-0.25, -0.2) is 0 Å². The third-order valence-electron chi connectivity index (χ3n) is 0.231. The summed E-state index contributed by atoms with van der Waals surface area (Å²) in [6.07, 6.45) is -2.65. The molecule has 0 fully saturated rings. The van der Waals surface area contributed by atoms with Crippen molar-refractivity contribution in [1.82, 2.24) is 0 Å². The van der Waals surface area contributed by atoms with Crippen LogP contribution in [0.4, 0.5) is 0 Å². The molecule has 6 heteroatoms. The molecule has 0 saturated carbocycles. The average molecular weight is 182 g/mol. The van der Waals surface area contributed by atoms with Gasteiger partial charge in [-0.2, -0.15) is 0 Å². The number of hydrogen-bond acceptors (Lipinski definition) is 1. The predicted octanol–water partition coefficient (Wildman–Crippen LogP) is 0.435. The first-order chi connectivity index (χ1) is 2.56. The maximum Gasteiger partial charge on any atom is 0.483 e. The van der Waals surface area contributed by atoms with E-state index in [1.54, 1.807) is 0 Å². The third-order valence-corrected chi connectivity index (χ3v) is 6.25. The SMILES string of the molecule is [SiH3]O[Si](Cl)(Cl)Cl. The first-order valence-corrected chi connectivity index (χ1v) is 6.94. The van der Waals surface area contributed by atoms with Crippen LogP contribution < -0.4 is 0 Å². The number of halogens is 3. The Bertz CT molecular complexity index is 38.5. The van der Waals surface area contributed by atoms with Gasteiger partial charge in [0.2, 0.25) is 0 Å². The fraction of sp³-hybridized carbons (Fsp3) is 0. The summed E-state index contributed by atoms with van der Waals surface area (Å²) in [7, 11) is 0.514. The minimum Gasteiger partial charge on any atom is -0.432 e. The third kappa shape index (κ3) is 5.26. The van der Waals surface area contributed by atoms with Crippen LogP contribution in [0.1, 0.15) is 0 Å². The Morgan fingerprint density at radius 1 is 1.33 bits per heavy atom. The van der Waals surface area contributed by atoms with Gasteiger partial charge in [-0.05, 0) is 0 Å². The van der Waals surface area contributed by atoms with E-state index < -0.39 is 6.25 Å². The van der Waals surface area contributed by atoms with E-state index in [4.69, 9.17) is 33.2 Å². The molecular formula is H3Cl3OSi2. The van der Waals surface area contributed by atoms with Crippen molar-refractivity contribution in [3.63, 3.8) is 0 Å². The quantitative estimate of drug-likeness (QED) is 0.421. The van der Waals surface area contributed by atoms with E-state index in [1.807, 2.05) is 0 Å². The highest BCUT2D eigenvalue weighted by molar-refractivity contribution is 7.62. The number of rotatable bonds is 1. The molecule has 0 unspecified atom stereocenters. The highest BCUT2D eigenvalue weighted by Crippen LogP contribution is 2.18. The molecule has 0 aromatic rings. The molecule has 0 heterocycles. The Hall–Kier alpha value is 1.26. The van der Waals surface area contributed by atoms with Crippen molar-refractivity contribution >= 4 is 50.0 Å². The van der Waals surface area contributed by atoms with Crippen LogP contribution in [0.2, 0.25) is 0 Å². The highest BCUT2D eigenvalue weighted by Gasteiger charge is 2.23. The van der Waals surface area contributed by atoms with Crippen molar-refractivity contribution in [2.75, 3.05) is 0 Å². The largest absolute Gasteiger partial charge is 0.483 e. The van der Waals surface area contributed by atoms with Gasteiger partial charge in [0.1, 0.15) is 10.5 Å². The normalized spacial score (nSPS) is 12.5. The molecule has 0 bridgehead atoms. The molecule has 0 atom stereocenters. The van der Waals surface area contributed by atoms with Crippen LogP contribution in [0.25, 0.3) is 0 Å². The summed E-state index contributed by atoms with van der Waals surface area (Å²) in [6.45, 7) is 0. The Morgan fingerprint density at radius 2 is 1.50 bits per heavy atom. The van der Waals surface area contributed by atoms with Gasteiger partial charge >= 0.3 is 6.25 Å². The Balaban J connectivity index is 3.17. The van der Waals surface area contributed by atoms with Crippen molar-refractivity contribution in [2.45, 2.75) is 0 Å². The summed E-state index contributed by atoms with van der Waals surface area (Å²) >= 11 is 15.6. The molecule has 1 nitrogen and oxygen atoms in total. The van der Waals surface area contributed by atoms with Crippen LogP contribution in [0.5, 0.6) is 0 Å². The monoisotopic (exact) mass is 180 g/mol. The zero-order valence-electron chi connectivity index (χ0n) is 3.04. The maximum atomic E-state index is 5.20. The Morgan fingerprint density at radius 3 is 1.50 bits per heavy atom. The molecular weight excluding hydrogens is 179 g/mol. The lowest BCUT2D eigenvalue weighted by molar-refractivity contribution is 0.667. The molecule has 0 rings (SSSR count). The van der Waals surface area contributed by atoms with Crippen LogP contribution >= 0.6 is 33.2 Å². The second-order valence-corrected chi connectivity index (χ2v) is 9.71. The number of hydrogen-bond donors (Lipinski definition) is 0. The molecule has 0 amide bonds. The van der Waals surface area contributed by atoms with Crippen molar-refractivity contribution in [3.8, 4) is 0 Å². The van der Waals surface area contributed by atoms with Crippen molar-refractivity contribution in [1.29, 1.82) is 0 Å². The van der Waals surface area contributed by atoms with Gasteiger partial charge in [-0.3, -0.25) is 0 Å². The van der Waals surface area contributed by atoms with E-state index in [9.17, 15) is 0 Å². The molecule has 0 saturated heterocycles. The predicted molar refractivity (Wildman–Crippen MR) is 34.3 cm³/mol. The van der Waals surface area contributed by atoms with E-state index in [-0.39, 0.29) is 0 Å². The van der Waals surface area contributed by atoms with E-state index in [0.29, 0.717) is 10.5 Å². The first kappa shape index (κ1) is 7.26. The van der Waals surface area contributed by atoms with Gasteiger partial charge in [0, 0.05) is 0 Å². The fourth-order valence-electron chi connectivity index (χ4n) is 0.